The van der Waals surface area contributed by atoms with Gasteiger partial charge >= 0.3 is 12.1 Å². The molecule has 0 aliphatic carbocycles. The third kappa shape index (κ3) is 2.66. The van der Waals surface area contributed by atoms with Crippen molar-refractivity contribution in [3.05, 3.63) is 29.6 Å². The van der Waals surface area contributed by atoms with Crippen molar-refractivity contribution in [1.29, 1.82) is 0 Å². The summed E-state index contributed by atoms with van der Waals surface area (Å²) in [7, 11) is 0. The number of aromatic nitrogens is 1. The van der Waals surface area contributed by atoms with Gasteiger partial charge in [-0.25, -0.2) is 4.79 Å². The van der Waals surface area contributed by atoms with Gasteiger partial charge < -0.3 is 10.2 Å². The van der Waals surface area contributed by atoms with Crippen molar-refractivity contribution in [3.63, 3.8) is 0 Å². The van der Waals surface area contributed by atoms with Crippen LogP contribution in [0.25, 0.3) is 0 Å². The van der Waals surface area contributed by atoms with E-state index in [0.717, 1.165) is 12.3 Å². The highest BCUT2D eigenvalue weighted by atomic mass is 19.4. The van der Waals surface area contributed by atoms with Gasteiger partial charge in [-0.1, -0.05) is 0 Å². The van der Waals surface area contributed by atoms with Gasteiger partial charge in [-0.05, 0) is 17.7 Å². The van der Waals surface area contributed by atoms with Gasteiger partial charge in [0, 0.05) is 6.20 Å². The summed E-state index contributed by atoms with van der Waals surface area (Å²) in [6.45, 7) is 0. The summed E-state index contributed by atoms with van der Waals surface area (Å²) in [4.78, 5) is 13.3. The molecule has 1 heterocycles. The first kappa shape index (κ1) is 11.4. The Balaban J connectivity index is 3.08. The molecule has 0 bridgehead atoms. The lowest BCUT2D eigenvalue weighted by Crippen LogP contribution is -2.13. The molecule has 0 amide bonds. The van der Waals surface area contributed by atoms with Crippen molar-refractivity contribution in [2.75, 3.05) is 0 Å². The molecule has 4 nitrogen and oxygen atoms in total. The summed E-state index contributed by atoms with van der Waals surface area (Å²) >= 11 is 0. The van der Waals surface area contributed by atoms with Crippen LogP contribution in [-0.2, 0) is 11.0 Å². The highest BCUT2D eigenvalue weighted by Gasteiger charge is 2.33. The Morgan fingerprint density at radius 3 is 2.53 bits per heavy atom. The minimum Gasteiger partial charge on any atom is -0.479 e. The molecule has 0 saturated carbocycles. The largest absolute Gasteiger partial charge is 0.479 e. The fourth-order valence-electron chi connectivity index (χ4n) is 0.915. The van der Waals surface area contributed by atoms with Crippen LogP contribution in [0, 0.1) is 0 Å². The number of aliphatic hydroxyl groups excluding tert-OH is 1. The van der Waals surface area contributed by atoms with Crippen LogP contribution in [0.4, 0.5) is 13.2 Å². The second-order valence-corrected chi connectivity index (χ2v) is 2.71. The Bertz CT molecular complexity index is 378. The van der Waals surface area contributed by atoms with Crippen molar-refractivity contribution in [2.45, 2.75) is 12.3 Å². The van der Waals surface area contributed by atoms with E-state index >= 15 is 0 Å². The normalized spacial score (nSPS) is 13.6. The average molecular weight is 221 g/mol. The molecule has 0 saturated heterocycles. The van der Waals surface area contributed by atoms with Gasteiger partial charge in [-0.2, -0.15) is 13.2 Å². The Labute approximate surface area is 82.0 Å². The maximum absolute atomic E-state index is 12.1. The van der Waals surface area contributed by atoms with Crippen LogP contribution in [0.15, 0.2) is 18.3 Å². The van der Waals surface area contributed by atoms with E-state index in [0.29, 0.717) is 6.07 Å². The molecule has 2 N–H and O–H groups in total. The van der Waals surface area contributed by atoms with E-state index in [9.17, 15) is 18.0 Å². The van der Waals surface area contributed by atoms with Gasteiger partial charge in [0.25, 0.3) is 0 Å². The molecule has 1 atom stereocenters. The van der Waals surface area contributed by atoms with Crippen LogP contribution in [0.1, 0.15) is 17.4 Å². The predicted octanol–water partition coefficient (Wildman–Crippen LogP) is 1.22. The number of alkyl halides is 3. The van der Waals surface area contributed by atoms with E-state index in [4.69, 9.17) is 10.2 Å². The summed E-state index contributed by atoms with van der Waals surface area (Å²) < 4.78 is 36.4. The van der Waals surface area contributed by atoms with Gasteiger partial charge in [-0.15, -0.1) is 0 Å². The van der Waals surface area contributed by atoms with Crippen LogP contribution in [-0.4, -0.2) is 21.2 Å². The first-order chi connectivity index (χ1) is 6.82. The molecule has 1 aromatic rings. The number of carboxylic acids is 1. The van der Waals surface area contributed by atoms with Crippen LogP contribution >= 0.6 is 0 Å². The second-order valence-electron chi connectivity index (χ2n) is 2.71. The van der Waals surface area contributed by atoms with E-state index in [-0.39, 0.29) is 5.56 Å². The van der Waals surface area contributed by atoms with Crippen molar-refractivity contribution >= 4 is 5.97 Å². The van der Waals surface area contributed by atoms with E-state index < -0.39 is 23.9 Å². The molecule has 1 unspecified atom stereocenters. The van der Waals surface area contributed by atoms with Crippen LogP contribution in [0.2, 0.25) is 0 Å². The number of pyridine rings is 1. The third-order valence-corrected chi connectivity index (χ3v) is 1.62. The summed E-state index contributed by atoms with van der Waals surface area (Å²) in [6.07, 6.45) is -5.84. The number of nitrogens with zero attached hydrogens (tertiary/aromatic N) is 1. The number of hydrogen-bond acceptors (Lipinski definition) is 3. The molecule has 0 fully saturated rings. The number of aliphatic hydroxyl groups is 1. The number of carboxylic acid groups (broad SMARTS) is 1. The molecule has 1 aromatic heterocycles. The zero-order chi connectivity index (χ0) is 11.6. The summed E-state index contributed by atoms with van der Waals surface area (Å²) in [5, 5.41) is 17.4. The highest BCUT2D eigenvalue weighted by Crippen LogP contribution is 2.28. The smallest absolute Gasteiger partial charge is 0.433 e. The molecule has 7 heteroatoms. The van der Waals surface area contributed by atoms with Crippen LogP contribution in [0.3, 0.4) is 0 Å². The molecule has 0 radical (unpaired) electrons. The molecular formula is C8H6F3NO3. The number of rotatable bonds is 2. The molecule has 1 rings (SSSR count). The quantitative estimate of drug-likeness (QED) is 0.787. The Morgan fingerprint density at radius 2 is 2.07 bits per heavy atom. The third-order valence-electron chi connectivity index (χ3n) is 1.62. The van der Waals surface area contributed by atoms with Gasteiger partial charge in [0.2, 0.25) is 0 Å². The zero-order valence-corrected chi connectivity index (χ0v) is 7.19. The summed E-state index contributed by atoms with van der Waals surface area (Å²) in [6, 6.07) is 1.51. The molecule has 0 spiro atoms. The zero-order valence-electron chi connectivity index (χ0n) is 7.19. The van der Waals surface area contributed by atoms with E-state index in [2.05, 4.69) is 4.98 Å². The number of hydrogen-bond donors (Lipinski definition) is 2. The van der Waals surface area contributed by atoms with Crippen molar-refractivity contribution < 1.29 is 28.2 Å². The number of halogens is 3. The predicted molar refractivity (Wildman–Crippen MR) is 41.8 cm³/mol. The van der Waals surface area contributed by atoms with Gasteiger partial charge in [0.15, 0.2) is 6.10 Å². The molecule has 82 valence electrons. The first-order valence-corrected chi connectivity index (χ1v) is 3.76. The van der Waals surface area contributed by atoms with E-state index in [1.807, 2.05) is 0 Å². The lowest BCUT2D eigenvalue weighted by atomic mass is 10.1. The molecule has 0 aliphatic heterocycles. The van der Waals surface area contributed by atoms with Crippen LogP contribution in [0.5, 0.6) is 0 Å². The molecular weight excluding hydrogens is 215 g/mol. The summed E-state index contributed by atoms with van der Waals surface area (Å²) in [5.41, 5.74) is -1.59. The first-order valence-electron chi connectivity index (χ1n) is 3.76. The van der Waals surface area contributed by atoms with Gasteiger partial charge in [0.1, 0.15) is 5.69 Å². The monoisotopic (exact) mass is 221 g/mol. The van der Waals surface area contributed by atoms with Crippen LogP contribution < -0.4 is 0 Å². The second kappa shape index (κ2) is 3.85. The topological polar surface area (TPSA) is 70.4 Å². The fraction of sp³-hybridized carbons (Fsp3) is 0.250. The maximum Gasteiger partial charge on any atom is 0.433 e. The SMILES string of the molecule is O=C(O)C(O)c1ccnc(C(F)(F)F)c1. The van der Waals surface area contributed by atoms with Crippen molar-refractivity contribution in [3.8, 4) is 0 Å². The molecule has 15 heavy (non-hydrogen) atoms. The van der Waals surface area contributed by atoms with Crippen molar-refractivity contribution in [2.24, 2.45) is 0 Å². The number of carbonyl (C=O) groups is 1. The standard InChI is InChI=1S/C8H6F3NO3/c9-8(10,11)5-3-4(1-2-12-5)6(13)7(14)15/h1-3,6,13H,(H,14,15). The molecule has 0 aliphatic rings. The maximum atomic E-state index is 12.1. The number of aliphatic carboxylic acids is 1. The lowest BCUT2D eigenvalue weighted by Gasteiger charge is -2.09. The molecule has 0 aromatic carbocycles. The minimum absolute atomic E-state index is 0.357. The average Bonchev–Trinajstić information content (AvgIpc) is 2.15. The van der Waals surface area contributed by atoms with E-state index in [1.54, 1.807) is 0 Å². The Morgan fingerprint density at radius 1 is 1.47 bits per heavy atom. The fourth-order valence-corrected chi connectivity index (χ4v) is 0.915. The Hall–Kier alpha value is -1.63. The lowest BCUT2D eigenvalue weighted by molar-refractivity contribution is -0.147. The minimum atomic E-state index is -4.66. The highest BCUT2D eigenvalue weighted by molar-refractivity contribution is 5.73. The van der Waals surface area contributed by atoms with Gasteiger partial charge in [-0.3, -0.25) is 4.98 Å². The van der Waals surface area contributed by atoms with Gasteiger partial charge in [0.05, 0.1) is 0 Å². The Kier molecular flexibility index (Phi) is 2.94. The van der Waals surface area contributed by atoms with E-state index in [1.165, 1.54) is 0 Å². The van der Waals surface area contributed by atoms with Crippen molar-refractivity contribution in [1.82, 2.24) is 4.98 Å². The summed E-state index contributed by atoms with van der Waals surface area (Å²) in [5.74, 6) is -1.62.